The molecule has 6 nitrogen and oxygen atoms in total. The first-order valence-electron chi connectivity index (χ1n) is 7.70. The van der Waals surface area contributed by atoms with Gasteiger partial charge in [0.2, 0.25) is 5.91 Å². The van der Waals surface area contributed by atoms with Crippen LogP contribution < -0.4 is 5.32 Å². The first-order valence-corrected chi connectivity index (χ1v) is 7.70. The number of ether oxygens (including phenoxy) is 1. The third-order valence-electron chi connectivity index (χ3n) is 3.40. The molecule has 0 radical (unpaired) electrons. The van der Waals surface area contributed by atoms with Crippen molar-refractivity contribution in [1.29, 1.82) is 0 Å². The summed E-state index contributed by atoms with van der Waals surface area (Å²) in [4.78, 5) is 49.3. The number of nitrogens with one attached hydrogen (secondary N) is 1. The molecule has 0 aliphatic carbocycles. The van der Waals surface area contributed by atoms with Gasteiger partial charge in [-0.1, -0.05) is 60.7 Å². The maximum atomic E-state index is 12.7. The van der Waals surface area contributed by atoms with E-state index in [-0.39, 0.29) is 17.7 Å². The Morgan fingerprint density at radius 1 is 0.840 bits per heavy atom. The number of rotatable bonds is 6. The van der Waals surface area contributed by atoms with Crippen LogP contribution >= 0.6 is 0 Å². The summed E-state index contributed by atoms with van der Waals surface area (Å²) in [5, 5.41) is 1.94. The molecule has 25 heavy (non-hydrogen) atoms. The van der Waals surface area contributed by atoms with Crippen LogP contribution in [0.1, 0.15) is 27.6 Å². The number of Topliss-reactive ketones (excluding diaryl/α,β-unsaturated/α-hetero) is 2. The lowest BCUT2D eigenvalue weighted by Crippen LogP contribution is -2.43. The fourth-order valence-corrected chi connectivity index (χ4v) is 2.24. The summed E-state index contributed by atoms with van der Waals surface area (Å²) in [5.74, 6) is -4.05. The lowest BCUT2D eigenvalue weighted by atomic mass is 9.89. The molecule has 0 heterocycles. The van der Waals surface area contributed by atoms with Gasteiger partial charge in [-0.3, -0.25) is 19.7 Å². The van der Waals surface area contributed by atoms with Crippen molar-refractivity contribution < 1.29 is 23.9 Å². The molecule has 128 valence electrons. The number of hydrogen-bond acceptors (Lipinski definition) is 5. The van der Waals surface area contributed by atoms with Gasteiger partial charge in [0.05, 0.1) is 6.61 Å². The molecule has 0 saturated heterocycles. The zero-order valence-corrected chi connectivity index (χ0v) is 13.6. The molecule has 6 heteroatoms. The van der Waals surface area contributed by atoms with Crippen LogP contribution in [0.4, 0.5) is 4.79 Å². The van der Waals surface area contributed by atoms with Crippen molar-refractivity contribution in [2.45, 2.75) is 6.92 Å². The van der Waals surface area contributed by atoms with Crippen molar-refractivity contribution in [3.8, 4) is 0 Å². The minimum Gasteiger partial charge on any atom is -0.450 e. The number of carbonyl (C=O) groups is 4. The zero-order valence-electron chi connectivity index (χ0n) is 13.6. The Hall–Kier alpha value is -3.28. The fourth-order valence-electron chi connectivity index (χ4n) is 2.24. The first kappa shape index (κ1) is 18.1. The number of carbonyl (C=O) groups excluding carboxylic acids is 4. The molecule has 2 rings (SSSR count). The van der Waals surface area contributed by atoms with Gasteiger partial charge in [-0.25, -0.2) is 4.79 Å². The SMILES string of the molecule is CCOC(=O)NC(=O)C(C(=O)c1ccccc1)C(=O)c1ccccc1. The molecular formula is C19H17NO5. The summed E-state index contributed by atoms with van der Waals surface area (Å²) in [7, 11) is 0. The zero-order chi connectivity index (χ0) is 18.2. The van der Waals surface area contributed by atoms with Gasteiger partial charge in [0.15, 0.2) is 17.5 Å². The molecule has 1 N–H and O–H groups in total. The minimum atomic E-state index is -1.67. The van der Waals surface area contributed by atoms with Gasteiger partial charge in [-0.05, 0) is 6.92 Å². The van der Waals surface area contributed by atoms with Crippen LogP contribution in [0, 0.1) is 5.92 Å². The van der Waals surface area contributed by atoms with Crippen molar-refractivity contribution in [1.82, 2.24) is 5.32 Å². The van der Waals surface area contributed by atoms with Gasteiger partial charge in [0.1, 0.15) is 0 Å². The lowest BCUT2D eigenvalue weighted by molar-refractivity contribution is -0.121. The summed E-state index contributed by atoms with van der Waals surface area (Å²) in [6, 6.07) is 15.9. The Labute approximate surface area is 144 Å². The van der Waals surface area contributed by atoms with Crippen molar-refractivity contribution in [3.63, 3.8) is 0 Å². The lowest BCUT2D eigenvalue weighted by Gasteiger charge is -2.14. The minimum absolute atomic E-state index is 0.0586. The highest BCUT2D eigenvalue weighted by molar-refractivity contribution is 6.28. The molecule has 0 saturated carbocycles. The van der Waals surface area contributed by atoms with Crippen LogP contribution in [0.25, 0.3) is 0 Å². The Morgan fingerprint density at radius 2 is 1.28 bits per heavy atom. The van der Waals surface area contributed by atoms with E-state index in [0.29, 0.717) is 0 Å². The number of ketones is 2. The van der Waals surface area contributed by atoms with E-state index in [9.17, 15) is 19.2 Å². The Kier molecular flexibility index (Phi) is 6.17. The quantitative estimate of drug-likeness (QED) is 0.645. The second-order valence-electron chi connectivity index (χ2n) is 5.10. The largest absolute Gasteiger partial charge is 0.450 e. The van der Waals surface area contributed by atoms with Crippen molar-refractivity contribution >= 4 is 23.6 Å². The summed E-state index contributed by atoms with van der Waals surface area (Å²) in [5.41, 5.74) is 0.409. The van der Waals surface area contributed by atoms with Crippen molar-refractivity contribution in [2.24, 2.45) is 5.92 Å². The molecule has 0 bridgehead atoms. The molecule has 0 atom stereocenters. The van der Waals surface area contributed by atoms with E-state index in [2.05, 4.69) is 4.74 Å². The monoisotopic (exact) mass is 339 g/mol. The van der Waals surface area contributed by atoms with E-state index < -0.39 is 29.5 Å². The molecule has 0 aromatic heterocycles. The Morgan fingerprint density at radius 3 is 1.68 bits per heavy atom. The van der Waals surface area contributed by atoms with Gasteiger partial charge >= 0.3 is 6.09 Å². The summed E-state index contributed by atoms with van der Waals surface area (Å²) < 4.78 is 4.64. The number of amides is 2. The Bertz CT molecular complexity index is 719. The second-order valence-corrected chi connectivity index (χ2v) is 5.10. The average molecular weight is 339 g/mol. The van der Waals surface area contributed by atoms with E-state index in [1.165, 1.54) is 24.3 Å². The predicted molar refractivity (Wildman–Crippen MR) is 90.2 cm³/mol. The van der Waals surface area contributed by atoms with Gasteiger partial charge in [-0.2, -0.15) is 0 Å². The highest BCUT2D eigenvalue weighted by Gasteiger charge is 2.36. The van der Waals surface area contributed by atoms with E-state index in [0.717, 1.165) is 0 Å². The van der Waals surface area contributed by atoms with E-state index in [4.69, 9.17) is 0 Å². The molecule has 0 aliphatic heterocycles. The van der Waals surface area contributed by atoms with Gasteiger partial charge in [0.25, 0.3) is 0 Å². The standard InChI is InChI=1S/C19H17NO5/c1-2-25-19(24)20-18(23)15(16(21)13-9-5-3-6-10-13)17(22)14-11-7-4-8-12-14/h3-12,15H,2H2,1H3,(H,20,23,24). The maximum Gasteiger partial charge on any atom is 0.413 e. The predicted octanol–water partition coefficient (Wildman–Crippen LogP) is 2.64. The number of alkyl carbamates (subject to hydrolysis) is 1. The molecular weight excluding hydrogens is 322 g/mol. The normalized spacial score (nSPS) is 10.2. The number of benzene rings is 2. The van der Waals surface area contributed by atoms with Crippen LogP contribution in [0.3, 0.4) is 0 Å². The molecule has 0 aliphatic rings. The van der Waals surface area contributed by atoms with Crippen LogP contribution in [-0.2, 0) is 9.53 Å². The molecule has 0 spiro atoms. The molecule has 2 aromatic carbocycles. The smallest absolute Gasteiger partial charge is 0.413 e. The topological polar surface area (TPSA) is 89.5 Å². The van der Waals surface area contributed by atoms with Crippen LogP contribution in [0.2, 0.25) is 0 Å². The first-order chi connectivity index (χ1) is 12.0. The summed E-state index contributed by atoms with van der Waals surface area (Å²) in [6.45, 7) is 1.63. The van der Waals surface area contributed by atoms with Gasteiger partial charge in [-0.15, -0.1) is 0 Å². The molecule has 0 fully saturated rings. The summed E-state index contributed by atoms with van der Waals surface area (Å²) in [6.07, 6.45) is -1.00. The van der Waals surface area contributed by atoms with Crippen LogP contribution in [0.15, 0.2) is 60.7 Å². The van der Waals surface area contributed by atoms with E-state index >= 15 is 0 Å². The van der Waals surface area contributed by atoms with Gasteiger partial charge < -0.3 is 4.74 Å². The molecule has 2 aromatic rings. The maximum absolute atomic E-state index is 12.7. The highest BCUT2D eigenvalue weighted by atomic mass is 16.5. The summed E-state index contributed by atoms with van der Waals surface area (Å²) >= 11 is 0. The molecule has 2 amide bonds. The number of imide groups is 1. The molecule has 0 unspecified atom stereocenters. The number of hydrogen-bond donors (Lipinski definition) is 1. The van der Waals surface area contributed by atoms with E-state index in [1.54, 1.807) is 43.3 Å². The second kappa shape index (κ2) is 8.54. The van der Waals surface area contributed by atoms with E-state index in [1.807, 2.05) is 5.32 Å². The van der Waals surface area contributed by atoms with Crippen molar-refractivity contribution in [2.75, 3.05) is 6.61 Å². The third-order valence-corrected chi connectivity index (χ3v) is 3.40. The highest BCUT2D eigenvalue weighted by Crippen LogP contribution is 2.16. The van der Waals surface area contributed by atoms with Crippen molar-refractivity contribution in [3.05, 3.63) is 71.8 Å². The third kappa shape index (κ3) is 4.60. The average Bonchev–Trinajstić information content (AvgIpc) is 2.63. The Balaban J connectivity index is 2.34. The van der Waals surface area contributed by atoms with Crippen LogP contribution in [0.5, 0.6) is 0 Å². The van der Waals surface area contributed by atoms with Crippen LogP contribution in [-0.4, -0.2) is 30.2 Å². The fraction of sp³-hybridized carbons (Fsp3) is 0.158. The van der Waals surface area contributed by atoms with Gasteiger partial charge in [0, 0.05) is 11.1 Å².